The number of phenols is 1. The van der Waals surface area contributed by atoms with E-state index in [4.69, 9.17) is 9.47 Å². The van der Waals surface area contributed by atoms with Crippen molar-refractivity contribution in [2.24, 2.45) is 0 Å². The van der Waals surface area contributed by atoms with Gasteiger partial charge in [0, 0.05) is 30.8 Å². The monoisotopic (exact) mass is 303 g/mol. The number of aromatic hydroxyl groups is 1. The summed E-state index contributed by atoms with van der Waals surface area (Å²) in [6.07, 6.45) is 6.70. The number of carbonyl (C=O) groups excluding carboxylic acids is 1. The molecule has 1 N–H and O–H groups in total. The molecule has 0 aliphatic carbocycles. The molecule has 0 aromatic heterocycles. The molecular weight excluding hydrogens is 282 g/mol. The summed E-state index contributed by atoms with van der Waals surface area (Å²) in [5, 5.41) is 10.0. The third-order valence-corrected chi connectivity index (χ3v) is 3.91. The van der Waals surface area contributed by atoms with Gasteiger partial charge in [0.25, 0.3) is 0 Å². The molecule has 5 heteroatoms. The molecule has 5 nitrogen and oxygen atoms in total. The molecule has 1 amide bonds. The van der Waals surface area contributed by atoms with Gasteiger partial charge in [-0.15, -0.1) is 0 Å². The molecule has 118 valence electrons. The van der Waals surface area contributed by atoms with Crippen molar-refractivity contribution in [1.29, 1.82) is 0 Å². The van der Waals surface area contributed by atoms with Crippen LogP contribution in [0.4, 0.5) is 0 Å². The number of ether oxygens (including phenoxy) is 2. The molecule has 2 saturated heterocycles. The quantitative estimate of drug-likeness (QED) is 0.669. The van der Waals surface area contributed by atoms with E-state index in [1.54, 1.807) is 24.3 Å². The summed E-state index contributed by atoms with van der Waals surface area (Å²) < 4.78 is 10.6. The Kier molecular flexibility index (Phi) is 4.63. The van der Waals surface area contributed by atoms with Crippen LogP contribution in [0.3, 0.4) is 0 Å². The largest absolute Gasteiger partial charge is 0.507 e. The van der Waals surface area contributed by atoms with E-state index in [0.29, 0.717) is 17.9 Å². The summed E-state index contributed by atoms with van der Waals surface area (Å²) >= 11 is 0. The minimum absolute atomic E-state index is 0.00492. The Morgan fingerprint density at radius 2 is 2.14 bits per heavy atom. The molecule has 1 unspecified atom stereocenters. The number of piperidine rings is 1. The minimum atomic E-state index is 0.00492. The van der Waals surface area contributed by atoms with Crippen molar-refractivity contribution < 1.29 is 19.4 Å². The SMILES string of the molecule is O=C(/C=C/c1ccc(OCC2CO2)cc1O)N1CCCCC1. The van der Waals surface area contributed by atoms with Crippen molar-refractivity contribution in [3.8, 4) is 11.5 Å². The highest BCUT2D eigenvalue weighted by atomic mass is 16.6. The summed E-state index contributed by atoms with van der Waals surface area (Å²) in [6.45, 7) is 2.89. The molecule has 2 aliphatic rings. The predicted octanol–water partition coefficient (Wildman–Crippen LogP) is 2.20. The number of nitrogens with zero attached hydrogens (tertiary/aromatic N) is 1. The van der Waals surface area contributed by atoms with Crippen LogP contribution >= 0.6 is 0 Å². The predicted molar refractivity (Wildman–Crippen MR) is 82.8 cm³/mol. The first-order valence-electron chi connectivity index (χ1n) is 7.77. The van der Waals surface area contributed by atoms with Crippen LogP contribution in [0.2, 0.25) is 0 Å². The first kappa shape index (κ1) is 14.9. The Morgan fingerprint density at radius 3 is 2.82 bits per heavy atom. The summed E-state index contributed by atoms with van der Waals surface area (Å²) in [5.41, 5.74) is 0.611. The number of carbonyl (C=O) groups is 1. The number of benzene rings is 1. The van der Waals surface area contributed by atoms with Crippen molar-refractivity contribution in [2.75, 3.05) is 26.3 Å². The molecule has 0 saturated carbocycles. The van der Waals surface area contributed by atoms with Crippen molar-refractivity contribution in [3.63, 3.8) is 0 Å². The maximum absolute atomic E-state index is 12.1. The van der Waals surface area contributed by atoms with Gasteiger partial charge in [-0.05, 0) is 37.5 Å². The fourth-order valence-electron chi connectivity index (χ4n) is 2.49. The highest BCUT2D eigenvalue weighted by Gasteiger charge is 2.23. The number of amides is 1. The van der Waals surface area contributed by atoms with Crippen LogP contribution < -0.4 is 4.74 Å². The average molecular weight is 303 g/mol. The average Bonchev–Trinajstić information content (AvgIpc) is 3.37. The van der Waals surface area contributed by atoms with E-state index in [-0.39, 0.29) is 17.8 Å². The van der Waals surface area contributed by atoms with E-state index in [2.05, 4.69) is 0 Å². The Morgan fingerprint density at radius 1 is 1.36 bits per heavy atom. The van der Waals surface area contributed by atoms with Gasteiger partial charge in [0.1, 0.15) is 24.2 Å². The molecule has 2 fully saturated rings. The molecule has 1 aromatic carbocycles. The lowest BCUT2D eigenvalue weighted by Gasteiger charge is -2.25. The van der Waals surface area contributed by atoms with Crippen LogP contribution in [-0.4, -0.2) is 48.3 Å². The Balaban J connectivity index is 1.58. The Hall–Kier alpha value is -2.01. The Bertz CT molecular complexity index is 560. The van der Waals surface area contributed by atoms with Gasteiger partial charge in [0.15, 0.2) is 0 Å². The maximum Gasteiger partial charge on any atom is 0.246 e. The van der Waals surface area contributed by atoms with Gasteiger partial charge in [-0.3, -0.25) is 4.79 Å². The molecule has 0 radical (unpaired) electrons. The highest BCUT2D eigenvalue weighted by molar-refractivity contribution is 5.92. The lowest BCUT2D eigenvalue weighted by Crippen LogP contribution is -2.34. The van der Waals surface area contributed by atoms with E-state index in [1.807, 2.05) is 4.90 Å². The molecule has 0 bridgehead atoms. The van der Waals surface area contributed by atoms with E-state index in [9.17, 15) is 9.90 Å². The van der Waals surface area contributed by atoms with Crippen molar-refractivity contribution >= 4 is 12.0 Å². The van der Waals surface area contributed by atoms with Gasteiger partial charge in [-0.1, -0.05) is 0 Å². The van der Waals surface area contributed by atoms with Gasteiger partial charge in [0.2, 0.25) is 5.91 Å². The molecular formula is C17H21NO4. The first-order chi connectivity index (χ1) is 10.7. The molecule has 22 heavy (non-hydrogen) atoms. The number of rotatable bonds is 5. The molecule has 1 aromatic rings. The third kappa shape index (κ3) is 4.01. The van der Waals surface area contributed by atoms with Gasteiger partial charge >= 0.3 is 0 Å². The molecule has 1 atom stereocenters. The fraction of sp³-hybridized carbons (Fsp3) is 0.471. The van der Waals surface area contributed by atoms with Crippen LogP contribution in [0.25, 0.3) is 6.08 Å². The zero-order chi connectivity index (χ0) is 15.4. The molecule has 2 aliphatic heterocycles. The first-order valence-corrected chi connectivity index (χ1v) is 7.77. The zero-order valence-electron chi connectivity index (χ0n) is 12.5. The standard InChI is InChI=1S/C17H21NO4/c19-16-10-14(21-11-15-12-22-15)6-4-13(16)5-7-17(20)18-8-2-1-3-9-18/h4-7,10,15,19H,1-3,8-9,11-12H2/b7-5+. The van der Waals surface area contributed by atoms with E-state index in [0.717, 1.165) is 32.5 Å². The minimum Gasteiger partial charge on any atom is -0.507 e. The second-order valence-corrected chi connectivity index (χ2v) is 5.71. The number of likely N-dealkylation sites (tertiary alicyclic amines) is 1. The summed E-state index contributed by atoms with van der Waals surface area (Å²) in [4.78, 5) is 13.9. The summed E-state index contributed by atoms with van der Waals surface area (Å²) in [6, 6.07) is 5.10. The van der Waals surface area contributed by atoms with Crippen molar-refractivity contribution in [1.82, 2.24) is 4.90 Å². The molecule has 0 spiro atoms. The third-order valence-electron chi connectivity index (χ3n) is 3.91. The van der Waals surface area contributed by atoms with Gasteiger partial charge in [-0.25, -0.2) is 0 Å². The van der Waals surface area contributed by atoms with Crippen LogP contribution in [0.15, 0.2) is 24.3 Å². The molecule has 2 heterocycles. The zero-order valence-corrected chi connectivity index (χ0v) is 12.5. The fourth-order valence-corrected chi connectivity index (χ4v) is 2.49. The smallest absolute Gasteiger partial charge is 0.246 e. The van der Waals surface area contributed by atoms with E-state index in [1.165, 1.54) is 12.5 Å². The summed E-state index contributed by atoms with van der Waals surface area (Å²) in [7, 11) is 0. The lowest BCUT2D eigenvalue weighted by atomic mass is 10.1. The molecule has 3 rings (SSSR count). The van der Waals surface area contributed by atoms with Crippen LogP contribution in [0, 0.1) is 0 Å². The van der Waals surface area contributed by atoms with Crippen LogP contribution in [0.5, 0.6) is 11.5 Å². The Labute approximate surface area is 130 Å². The maximum atomic E-state index is 12.1. The van der Waals surface area contributed by atoms with Gasteiger partial charge in [-0.2, -0.15) is 0 Å². The van der Waals surface area contributed by atoms with Crippen LogP contribution in [-0.2, 0) is 9.53 Å². The second-order valence-electron chi connectivity index (χ2n) is 5.71. The lowest BCUT2D eigenvalue weighted by molar-refractivity contribution is -0.126. The number of hydrogen-bond donors (Lipinski definition) is 1. The van der Waals surface area contributed by atoms with Gasteiger partial charge in [0.05, 0.1) is 6.61 Å². The number of epoxide rings is 1. The topological polar surface area (TPSA) is 62.3 Å². The number of hydrogen-bond acceptors (Lipinski definition) is 4. The van der Waals surface area contributed by atoms with E-state index >= 15 is 0 Å². The van der Waals surface area contributed by atoms with Crippen LogP contribution in [0.1, 0.15) is 24.8 Å². The van der Waals surface area contributed by atoms with Gasteiger partial charge < -0.3 is 19.5 Å². The van der Waals surface area contributed by atoms with Crippen molar-refractivity contribution in [3.05, 3.63) is 29.8 Å². The van der Waals surface area contributed by atoms with E-state index < -0.39 is 0 Å². The number of phenolic OH excluding ortho intramolecular Hbond substituents is 1. The summed E-state index contributed by atoms with van der Waals surface area (Å²) in [5.74, 6) is 0.717. The normalized spacial score (nSPS) is 21.1. The van der Waals surface area contributed by atoms with Crippen molar-refractivity contribution in [2.45, 2.75) is 25.4 Å². The highest BCUT2D eigenvalue weighted by Crippen LogP contribution is 2.25. The second kappa shape index (κ2) is 6.83.